The number of ether oxygens (including phenoxy) is 1. The number of imidazole rings is 1. The minimum atomic E-state index is -0.677. The van der Waals surface area contributed by atoms with Gasteiger partial charge in [0.15, 0.2) is 0 Å². The molecule has 1 aromatic carbocycles. The number of pyridine rings is 1. The summed E-state index contributed by atoms with van der Waals surface area (Å²) < 4.78 is 20.1. The summed E-state index contributed by atoms with van der Waals surface area (Å²) in [5.74, 6) is -1.21. The van der Waals surface area contributed by atoms with Crippen molar-refractivity contribution >= 4 is 17.3 Å². The lowest BCUT2D eigenvalue weighted by Gasteiger charge is -2.05. The molecular formula is C15H12FN3O2. The number of aromatic nitrogens is 2. The van der Waals surface area contributed by atoms with Crippen LogP contribution in [0.25, 0.3) is 5.65 Å². The summed E-state index contributed by atoms with van der Waals surface area (Å²) in [6.07, 6.45) is 3.61. The Hall–Kier alpha value is -2.89. The van der Waals surface area contributed by atoms with Crippen LogP contribution < -0.4 is 5.73 Å². The molecule has 0 aliphatic carbocycles. The molecule has 3 aromatic rings. The van der Waals surface area contributed by atoms with Gasteiger partial charge in [0.1, 0.15) is 18.1 Å². The topological polar surface area (TPSA) is 69.6 Å². The van der Waals surface area contributed by atoms with Crippen LogP contribution >= 0.6 is 0 Å². The Balaban J connectivity index is 1.74. The second kappa shape index (κ2) is 5.24. The molecule has 0 unspecified atom stereocenters. The van der Waals surface area contributed by atoms with Crippen molar-refractivity contribution in [1.82, 2.24) is 9.38 Å². The van der Waals surface area contributed by atoms with Gasteiger partial charge in [-0.25, -0.2) is 14.2 Å². The number of hydrogen-bond donors (Lipinski definition) is 1. The van der Waals surface area contributed by atoms with E-state index in [-0.39, 0.29) is 17.9 Å². The van der Waals surface area contributed by atoms with E-state index in [4.69, 9.17) is 10.5 Å². The van der Waals surface area contributed by atoms with Crippen LogP contribution in [0.15, 0.2) is 48.8 Å². The maximum absolute atomic E-state index is 13.1. The number of fused-ring (bicyclic) bond motifs is 1. The summed E-state index contributed by atoms with van der Waals surface area (Å²) in [7, 11) is 0. The second-order valence-corrected chi connectivity index (χ2v) is 4.51. The number of nitrogen functional groups attached to an aromatic ring is 1. The van der Waals surface area contributed by atoms with Gasteiger partial charge >= 0.3 is 5.97 Å². The average Bonchev–Trinajstić information content (AvgIpc) is 2.90. The van der Waals surface area contributed by atoms with E-state index in [1.807, 2.05) is 28.8 Å². The zero-order valence-corrected chi connectivity index (χ0v) is 11.0. The molecule has 0 atom stereocenters. The third-order valence-electron chi connectivity index (χ3n) is 3.00. The number of anilines is 1. The number of carbonyl (C=O) groups excluding carboxylic acids is 1. The van der Waals surface area contributed by atoms with Gasteiger partial charge in [0.05, 0.1) is 11.3 Å². The molecule has 2 aromatic heterocycles. The molecule has 0 radical (unpaired) electrons. The van der Waals surface area contributed by atoms with Gasteiger partial charge in [-0.05, 0) is 30.3 Å². The minimum Gasteiger partial charge on any atom is -0.455 e. The van der Waals surface area contributed by atoms with Crippen LogP contribution in [0.2, 0.25) is 0 Å². The van der Waals surface area contributed by atoms with Crippen LogP contribution in [0.1, 0.15) is 16.1 Å². The van der Waals surface area contributed by atoms with Gasteiger partial charge in [0.2, 0.25) is 0 Å². The van der Waals surface area contributed by atoms with E-state index < -0.39 is 11.8 Å². The highest BCUT2D eigenvalue weighted by Gasteiger charge is 2.13. The molecule has 0 saturated carbocycles. The van der Waals surface area contributed by atoms with Crippen LogP contribution in [0, 0.1) is 5.82 Å². The van der Waals surface area contributed by atoms with Crippen molar-refractivity contribution in [2.75, 3.05) is 5.73 Å². The van der Waals surface area contributed by atoms with Crippen LogP contribution in [0.5, 0.6) is 0 Å². The molecule has 0 amide bonds. The van der Waals surface area contributed by atoms with Crippen molar-refractivity contribution in [3.05, 3.63) is 65.9 Å². The molecule has 106 valence electrons. The SMILES string of the molecule is Nc1ccc(F)cc1C(=O)OCc1cn2ccccc2n1. The third-order valence-corrected chi connectivity index (χ3v) is 3.00. The molecule has 21 heavy (non-hydrogen) atoms. The molecule has 5 nitrogen and oxygen atoms in total. The Morgan fingerprint density at radius 2 is 2.19 bits per heavy atom. The third kappa shape index (κ3) is 2.69. The Bertz CT molecular complexity index is 781. The minimum absolute atomic E-state index is 0.00351. The Morgan fingerprint density at radius 3 is 3.00 bits per heavy atom. The maximum atomic E-state index is 13.1. The number of nitrogens with zero attached hydrogens (tertiary/aromatic N) is 2. The Morgan fingerprint density at radius 1 is 1.33 bits per heavy atom. The Kier molecular flexibility index (Phi) is 3.27. The fourth-order valence-corrected chi connectivity index (χ4v) is 1.98. The largest absolute Gasteiger partial charge is 0.455 e. The highest BCUT2D eigenvalue weighted by atomic mass is 19.1. The zero-order chi connectivity index (χ0) is 14.8. The lowest BCUT2D eigenvalue weighted by atomic mass is 10.2. The summed E-state index contributed by atoms with van der Waals surface area (Å²) in [4.78, 5) is 16.2. The first-order chi connectivity index (χ1) is 10.1. The van der Waals surface area contributed by atoms with Crippen molar-refractivity contribution in [1.29, 1.82) is 0 Å². The van der Waals surface area contributed by atoms with E-state index in [0.29, 0.717) is 5.69 Å². The van der Waals surface area contributed by atoms with E-state index in [1.165, 1.54) is 12.1 Å². The average molecular weight is 285 g/mol. The van der Waals surface area contributed by atoms with Gasteiger partial charge < -0.3 is 14.9 Å². The molecule has 6 heteroatoms. The molecule has 0 fully saturated rings. The lowest BCUT2D eigenvalue weighted by Crippen LogP contribution is -2.08. The van der Waals surface area contributed by atoms with Crippen molar-refractivity contribution in [3.63, 3.8) is 0 Å². The predicted molar refractivity (Wildman–Crippen MR) is 75.1 cm³/mol. The molecule has 0 aliphatic rings. The molecule has 2 heterocycles. The first-order valence-corrected chi connectivity index (χ1v) is 6.28. The highest BCUT2D eigenvalue weighted by molar-refractivity contribution is 5.95. The molecule has 0 aliphatic heterocycles. The Labute approximate surface area is 119 Å². The number of carbonyl (C=O) groups is 1. The summed E-state index contributed by atoms with van der Waals surface area (Å²) in [6, 6.07) is 9.16. The number of esters is 1. The smallest absolute Gasteiger partial charge is 0.340 e. The predicted octanol–water partition coefficient (Wildman–Crippen LogP) is 2.41. The number of rotatable bonds is 3. The van der Waals surface area contributed by atoms with Crippen LogP contribution in [-0.2, 0) is 11.3 Å². The van der Waals surface area contributed by atoms with Crippen molar-refractivity contribution in [2.45, 2.75) is 6.61 Å². The standard InChI is InChI=1S/C15H12FN3O2/c16-10-4-5-13(17)12(7-10)15(20)21-9-11-8-19-6-2-1-3-14(19)18-11/h1-8H,9,17H2. The van der Waals surface area contributed by atoms with Crippen molar-refractivity contribution in [2.24, 2.45) is 0 Å². The molecule has 0 spiro atoms. The van der Waals surface area contributed by atoms with Gasteiger partial charge in [-0.1, -0.05) is 6.07 Å². The molecule has 3 rings (SSSR count). The van der Waals surface area contributed by atoms with E-state index >= 15 is 0 Å². The monoisotopic (exact) mass is 285 g/mol. The normalized spacial score (nSPS) is 10.7. The van der Waals surface area contributed by atoms with Crippen LogP contribution in [-0.4, -0.2) is 15.4 Å². The number of halogens is 1. The first-order valence-electron chi connectivity index (χ1n) is 6.28. The number of hydrogen-bond acceptors (Lipinski definition) is 4. The molecule has 2 N–H and O–H groups in total. The zero-order valence-electron chi connectivity index (χ0n) is 11.0. The van der Waals surface area contributed by atoms with E-state index in [0.717, 1.165) is 11.7 Å². The van der Waals surface area contributed by atoms with E-state index in [1.54, 1.807) is 6.20 Å². The van der Waals surface area contributed by atoms with Crippen molar-refractivity contribution in [3.8, 4) is 0 Å². The van der Waals surface area contributed by atoms with E-state index in [9.17, 15) is 9.18 Å². The van der Waals surface area contributed by atoms with Gasteiger partial charge in [-0.2, -0.15) is 0 Å². The molecule has 0 bridgehead atoms. The fraction of sp³-hybridized carbons (Fsp3) is 0.0667. The summed E-state index contributed by atoms with van der Waals surface area (Å²) in [6.45, 7) is -0.00351. The maximum Gasteiger partial charge on any atom is 0.340 e. The van der Waals surface area contributed by atoms with Crippen molar-refractivity contribution < 1.29 is 13.9 Å². The molecular weight excluding hydrogens is 273 g/mol. The number of benzene rings is 1. The number of nitrogens with two attached hydrogens (primary N) is 1. The van der Waals surface area contributed by atoms with E-state index in [2.05, 4.69) is 4.98 Å². The van der Waals surface area contributed by atoms with Crippen LogP contribution in [0.3, 0.4) is 0 Å². The van der Waals surface area contributed by atoms with Gasteiger partial charge in [-0.3, -0.25) is 0 Å². The first kappa shape index (κ1) is 13.1. The van der Waals surface area contributed by atoms with Gasteiger partial charge in [-0.15, -0.1) is 0 Å². The second-order valence-electron chi connectivity index (χ2n) is 4.51. The summed E-state index contributed by atoms with van der Waals surface area (Å²) in [5, 5.41) is 0. The van der Waals surface area contributed by atoms with Gasteiger partial charge in [0.25, 0.3) is 0 Å². The quantitative estimate of drug-likeness (QED) is 0.592. The lowest BCUT2D eigenvalue weighted by molar-refractivity contribution is 0.0469. The van der Waals surface area contributed by atoms with Crippen LogP contribution in [0.4, 0.5) is 10.1 Å². The summed E-state index contributed by atoms with van der Waals surface area (Å²) >= 11 is 0. The van der Waals surface area contributed by atoms with Gasteiger partial charge in [0, 0.05) is 18.1 Å². The fourth-order valence-electron chi connectivity index (χ4n) is 1.98. The molecule has 0 saturated heterocycles. The summed E-state index contributed by atoms with van der Waals surface area (Å²) in [5.41, 5.74) is 7.18. The highest BCUT2D eigenvalue weighted by Crippen LogP contribution is 2.15.